The maximum absolute atomic E-state index is 4.14. The van der Waals surface area contributed by atoms with Gasteiger partial charge >= 0.3 is 0 Å². The SMILES string of the molecule is C[C@@H]1CN([C@H](c2ccccc2)c2cccc(C#Cc3cccnc3)c2)CCN1. The lowest BCUT2D eigenvalue weighted by atomic mass is 9.94. The molecule has 2 atom stereocenters. The highest BCUT2D eigenvalue weighted by molar-refractivity contribution is 5.45. The topological polar surface area (TPSA) is 28.2 Å². The number of rotatable bonds is 3. The van der Waals surface area contributed by atoms with Crippen molar-refractivity contribution in [1.82, 2.24) is 15.2 Å². The second kappa shape index (κ2) is 8.84. The third-order valence-electron chi connectivity index (χ3n) is 5.10. The second-order valence-electron chi connectivity index (χ2n) is 7.28. The molecule has 2 aromatic carbocycles. The average Bonchev–Trinajstić information content (AvgIpc) is 2.74. The molecule has 1 fully saturated rings. The number of nitrogens with zero attached hydrogens (tertiary/aromatic N) is 2. The van der Waals surface area contributed by atoms with Crippen molar-refractivity contribution < 1.29 is 0 Å². The molecule has 28 heavy (non-hydrogen) atoms. The van der Waals surface area contributed by atoms with Gasteiger partial charge in [0.05, 0.1) is 6.04 Å². The summed E-state index contributed by atoms with van der Waals surface area (Å²) in [5.41, 5.74) is 4.58. The molecule has 3 nitrogen and oxygen atoms in total. The fourth-order valence-electron chi connectivity index (χ4n) is 3.81. The van der Waals surface area contributed by atoms with Crippen LogP contribution < -0.4 is 5.32 Å². The molecule has 0 spiro atoms. The van der Waals surface area contributed by atoms with Gasteiger partial charge in [0.25, 0.3) is 0 Å². The van der Waals surface area contributed by atoms with E-state index in [0.29, 0.717) is 6.04 Å². The summed E-state index contributed by atoms with van der Waals surface area (Å²) in [4.78, 5) is 6.71. The molecule has 1 aliphatic rings. The Morgan fingerprint density at radius 2 is 1.75 bits per heavy atom. The summed E-state index contributed by atoms with van der Waals surface area (Å²) < 4.78 is 0. The maximum atomic E-state index is 4.14. The summed E-state index contributed by atoms with van der Waals surface area (Å²) in [5, 5.41) is 3.55. The lowest BCUT2D eigenvalue weighted by Gasteiger charge is -2.38. The van der Waals surface area contributed by atoms with E-state index in [-0.39, 0.29) is 6.04 Å². The average molecular weight is 367 g/mol. The van der Waals surface area contributed by atoms with E-state index < -0.39 is 0 Å². The summed E-state index contributed by atoms with van der Waals surface area (Å²) in [5.74, 6) is 6.52. The molecule has 0 amide bonds. The number of piperazine rings is 1. The number of hydrogen-bond donors (Lipinski definition) is 1. The summed E-state index contributed by atoms with van der Waals surface area (Å²) in [6.07, 6.45) is 3.57. The molecule has 1 aromatic heterocycles. The van der Waals surface area contributed by atoms with Crippen molar-refractivity contribution in [2.24, 2.45) is 0 Å². The van der Waals surface area contributed by atoms with Gasteiger partial charge in [-0.15, -0.1) is 0 Å². The van der Waals surface area contributed by atoms with E-state index in [9.17, 15) is 0 Å². The monoisotopic (exact) mass is 367 g/mol. The van der Waals surface area contributed by atoms with Crippen molar-refractivity contribution in [1.29, 1.82) is 0 Å². The van der Waals surface area contributed by atoms with Crippen LogP contribution in [0.4, 0.5) is 0 Å². The molecule has 3 heteroatoms. The van der Waals surface area contributed by atoms with E-state index in [2.05, 4.69) is 88.6 Å². The zero-order valence-corrected chi connectivity index (χ0v) is 16.2. The van der Waals surface area contributed by atoms with Crippen LogP contribution in [0.15, 0.2) is 79.1 Å². The standard InChI is InChI=1S/C25H25N3/c1-20-19-28(16-15-27-20)25(23-9-3-2-4-10-23)24-11-5-7-21(17-24)12-13-22-8-6-14-26-18-22/h2-11,14,17-18,20,25,27H,15-16,19H2,1H3/t20-,25-/m1/s1. The van der Waals surface area contributed by atoms with E-state index in [1.165, 1.54) is 11.1 Å². The predicted octanol–water partition coefficient (Wildman–Crippen LogP) is 3.86. The van der Waals surface area contributed by atoms with Crippen LogP contribution in [0.1, 0.15) is 35.2 Å². The van der Waals surface area contributed by atoms with Gasteiger partial charge in [-0.2, -0.15) is 0 Å². The molecule has 3 aromatic rings. The molecular weight excluding hydrogens is 342 g/mol. The molecule has 1 aliphatic heterocycles. The van der Waals surface area contributed by atoms with Crippen molar-refractivity contribution >= 4 is 0 Å². The Hall–Kier alpha value is -2.93. The third kappa shape index (κ3) is 4.48. The lowest BCUT2D eigenvalue weighted by molar-refractivity contribution is 0.170. The zero-order chi connectivity index (χ0) is 19.2. The fourth-order valence-corrected chi connectivity index (χ4v) is 3.81. The van der Waals surface area contributed by atoms with E-state index in [1.54, 1.807) is 12.4 Å². The Morgan fingerprint density at radius 1 is 0.964 bits per heavy atom. The van der Waals surface area contributed by atoms with Gasteiger partial charge in [0.2, 0.25) is 0 Å². The van der Waals surface area contributed by atoms with Crippen LogP contribution in [-0.2, 0) is 0 Å². The smallest absolute Gasteiger partial charge is 0.0603 e. The molecule has 0 aliphatic carbocycles. The Kier molecular flexibility index (Phi) is 5.82. The first-order valence-electron chi connectivity index (χ1n) is 9.84. The highest BCUT2D eigenvalue weighted by Gasteiger charge is 2.26. The molecule has 0 unspecified atom stereocenters. The van der Waals surface area contributed by atoms with Gasteiger partial charge in [0.15, 0.2) is 0 Å². The number of nitrogens with one attached hydrogen (secondary N) is 1. The van der Waals surface area contributed by atoms with E-state index in [0.717, 1.165) is 30.8 Å². The molecule has 0 saturated carbocycles. The second-order valence-corrected chi connectivity index (χ2v) is 7.28. The third-order valence-corrected chi connectivity index (χ3v) is 5.10. The van der Waals surface area contributed by atoms with Gasteiger partial charge in [-0.1, -0.05) is 54.3 Å². The first-order valence-corrected chi connectivity index (χ1v) is 9.84. The van der Waals surface area contributed by atoms with Crippen LogP contribution in [0.5, 0.6) is 0 Å². The number of benzene rings is 2. The van der Waals surface area contributed by atoms with Crippen molar-refractivity contribution in [3.05, 3.63) is 101 Å². The predicted molar refractivity (Wildman–Crippen MR) is 114 cm³/mol. The quantitative estimate of drug-likeness (QED) is 0.713. The van der Waals surface area contributed by atoms with Crippen LogP contribution in [-0.4, -0.2) is 35.6 Å². The molecule has 2 heterocycles. The van der Waals surface area contributed by atoms with E-state index in [4.69, 9.17) is 0 Å². The normalized spacial score (nSPS) is 18.1. The summed E-state index contributed by atoms with van der Waals surface area (Å²) in [6.45, 7) is 5.34. The largest absolute Gasteiger partial charge is 0.312 e. The van der Waals surface area contributed by atoms with E-state index >= 15 is 0 Å². The number of aromatic nitrogens is 1. The Bertz CT molecular complexity index is 957. The zero-order valence-electron chi connectivity index (χ0n) is 16.2. The molecular formula is C25H25N3. The van der Waals surface area contributed by atoms with Crippen molar-refractivity contribution in [2.45, 2.75) is 19.0 Å². The summed E-state index contributed by atoms with van der Waals surface area (Å²) in [7, 11) is 0. The molecule has 0 bridgehead atoms. The number of hydrogen-bond acceptors (Lipinski definition) is 3. The first kappa shape index (κ1) is 18.4. The van der Waals surface area contributed by atoms with Crippen LogP contribution >= 0.6 is 0 Å². The summed E-state index contributed by atoms with van der Waals surface area (Å²) >= 11 is 0. The molecule has 0 radical (unpaired) electrons. The molecule has 4 rings (SSSR count). The van der Waals surface area contributed by atoms with Gasteiger partial charge in [-0.05, 0) is 42.3 Å². The van der Waals surface area contributed by atoms with Crippen LogP contribution in [0, 0.1) is 11.8 Å². The van der Waals surface area contributed by atoms with Crippen LogP contribution in [0.2, 0.25) is 0 Å². The molecule has 1 saturated heterocycles. The Labute approximate surface area is 167 Å². The van der Waals surface area contributed by atoms with Crippen molar-refractivity contribution in [3.63, 3.8) is 0 Å². The van der Waals surface area contributed by atoms with Gasteiger partial charge in [-0.3, -0.25) is 9.88 Å². The minimum absolute atomic E-state index is 0.242. The van der Waals surface area contributed by atoms with Gasteiger partial charge in [0.1, 0.15) is 0 Å². The van der Waals surface area contributed by atoms with Gasteiger partial charge in [-0.25, -0.2) is 0 Å². The van der Waals surface area contributed by atoms with Crippen LogP contribution in [0.3, 0.4) is 0 Å². The highest BCUT2D eigenvalue weighted by Crippen LogP contribution is 2.30. The molecule has 1 N–H and O–H groups in total. The van der Waals surface area contributed by atoms with E-state index in [1.807, 2.05) is 12.1 Å². The maximum Gasteiger partial charge on any atom is 0.0603 e. The van der Waals surface area contributed by atoms with Crippen molar-refractivity contribution in [3.8, 4) is 11.8 Å². The first-order chi connectivity index (χ1) is 13.8. The number of pyridine rings is 1. The van der Waals surface area contributed by atoms with Crippen molar-refractivity contribution in [2.75, 3.05) is 19.6 Å². The summed E-state index contributed by atoms with van der Waals surface area (Å²) in [6, 6.07) is 24.1. The highest BCUT2D eigenvalue weighted by atomic mass is 15.2. The minimum Gasteiger partial charge on any atom is -0.312 e. The fraction of sp³-hybridized carbons (Fsp3) is 0.240. The van der Waals surface area contributed by atoms with Crippen LogP contribution in [0.25, 0.3) is 0 Å². The molecule has 140 valence electrons. The lowest BCUT2D eigenvalue weighted by Crippen LogP contribution is -2.50. The Balaban J connectivity index is 1.68. The van der Waals surface area contributed by atoms with Gasteiger partial charge in [0, 0.05) is 49.2 Å². The minimum atomic E-state index is 0.242. The van der Waals surface area contributed by atoms with Gasteiger partial charge < -0.3 is 5.32 Å². The Morgan fingerprint density at radius 3 is 2.54 bits per heavy atom.